The molecule has 4 N–H and O–H groups in total. The third-order valence-corrected chi connectivity index (χ3v) is 6.48. The molecule has 2 heterocycles. The molecule has 3 aromatic rings. The van der Waals surface area contributed by atoms with Gasteiger partial charge in [0.2, 0.25) is 0 Å². The van der Waals surface area contributed by atoms with E-state index in [4.69, 9.17) is 16.2 Å². The third-order valence-electron chi connectivity index (χ3n) is 6.48. The van der Waals surface area contributed by atoms with Gasteiger partial charge in [0.05, 0.1) is 17.0 Å². The van der Waals surface area contributed by atoms with E-state index in [1.165, 1.54) is 12.3 Å². The van der Waals surface area contributed by atoms with E-state index in [2.05, 4.69) is 16.0 Å². The molecule has 1 unspecified atom stereocenters. The molecule has 37 heavy (non-hydrogen) atoms. The van der Waals surface area contributed by atoms with E-state index in [0.717, 1.165) is 17.4 Å². The fraction of sp³-hybridized carbons (Fsp3) is 0.346. The van der Waals surface area contributed by atoms with Gasteiger partial charge in [0.1, 0.15) is 17.4 Å². The number of ether oxygens (including phenoxy) is 1. The van der Waals surface area contributed by atoms with Gasteiger partial charge in [0, 0.05) is 74.2 Å². The van der Waals surface area contributed by atoms with Crippen molar-refractivity contribution in [2.45, 2.75) is 18.6 Å². The molecule has 194 valence electrons. The Bertz CT molecular complexity index is 1420. The molecule has 4 rings (SSSR count). The monoisotopic (exact) mass is 508 g/mol. The first-order valence-electron chi connectivity index (χ1n) is 11.7. The minimum absolute atomic E-state index is 0.0271. The van der Waals surface area contributed by atoms with E-state index in [1.54, 1.807) is 0 Å². The first-order chi connectivity index (χ1) is 17.5. The number of hydrogen-bond donors (Lipinski definition) is 2. The van der Waals surface area contributed by atoms with Crippen molar-refractivity contribution in [3.05, 3.63) is 71.3 Å². The largest absolute Gasteiger partial charge is 0.437 e. The summed E-state index contributed by atoms with van der Waals surface area (Å²) in [6, 6.07) is 9.81. The lowest BCUT2D eigenvalue weighted by Gasteiger charge is -2.36. The Morgan fingerprint density at radius 1 is 1.24 bits per heavy atom. The van der Waals surface area contributed by atoms with Crippen molar-refractivity contribution in [3.8, 4) is 17.3 Å². The van der Waals surface area contributed by atoms with Gasteiger partial charge >= 0.3 is 6.61 Å². The van der Waals surface area contributed by atoms with Gasteiger partial charge in [-0.05, 0) is 20.2 Å². The number of benzene rings is 1. The summed E-state index contributed by atoms with van der Waals surface area (Å²) in [5, 5.41) is 10.7. The highest BCUT2D eigenvalue weighted by molar-refractivity contribution is 5.96. The molecule has 0 saturated carbocycles. The van der Waals surface area contributed by atoms with Crippen LogP contribution >= 0.6 is 0 Å². The van der Waals surface area contributed by atoms with Crippen LogP contribution in [0.5, 0.6) is 0 Å². The third kappa shape index (κ3) is 4.98. The molecule has 2 aromatic heterocycles. The molecule has 0 fully saturated rings. The molecule has 11 heteroatoms. The van der Waals surface area contributed by atoms with Crippen molar-refractivity contribution < 1.29 is 13.5 Å². The number of nitrogens with zero attached hydrogens (tertiary/aromatic N) is 6. The lowest BCUT2D eigenvalue weighted by molar-refractivity contribution is -0.108. The highest BCUT2D eigenvalue weighted by Gasteiger charge is 2.43. The van der Waals surface area contributed by atoms with Gasteiger partial charge in [-0.15, -0.1) is 0 Å². The van der Waals surface area contributed by atoms with Crippen molar-refractivity contribution in [2.75, 3.05) is 34.2 Å². The fourth-order valence-corrected chi connectivity index (χ4v) is 4.49. The minimum Gasteiger partial charge on any atom is -0.437 e. The Morgan fingerprint density at radius 2 is 1.97 bits per heavy atom. The maximum absolute atomic E-state index is 13.5. The molecular weight excluding hydrogens is 478 g/mol. The van der Waals surface area contributed by atoms with Gasteiger partial charge in [0.15, 0.2) is 5.82 Å². The van der Waals surface area contributed by atoms with Gasteiger partial charge in [-0.3, -0.25) is 0 Å². The van der Waals surface area contributed by atoms with Crippen LogP contribution < -0.4 is 11.5 Å². The zero-order valence-corrected chi connectivity index (χ0v) is 21.2. The van der Waals surface area contributed by atoms with Gasteiger partial charge in [-0.2, -0.15) is 14.0 Å². The summed E-state index contributed by atoms with van der Waals surface area (Å²) in [4.78, 5) is 12.8. The van der Waals surface area contributed by atoms with E-state index >= 15 is 0 Å². The number of allylic oxidation sites excluding steroid dienone is 1. The maximum atomic E-state index is 13.5. The van der Waals surface area contributed by atoms with Crippen molar-refractivity contribution >= 4 is 10.9 Å². The number of rotatable bonds is 8. The predicted molar refractivity (Wildman–Crippen MR) is 137 cm³/mol. The first kappa shape index (κ1) is 26.1. The van der Waals surface area contributed by atoms with Crippen LogP contribution in [0.25, 0.3) is 22.2 Å². The molecule has 0 amide bonds. The summed E-state index contributed by atoms with van der Waals surface area (Å²) >= 11 is 0. The SMILES string of the molecule is CN(C)CCN(C)C1=C(N)CC(N)(c2ncc(C#N)c(-c3cn(C)c4ccccc34)n2)C(OC(F)F)=C1. The molecule has 0 bridgehead atoms. The average Bonchev–Trinajstić information content (AvgIpc) is 3.20. The smallest absolute Gasteiger partial charge is 0.387 e. The van der Waals surface area contributed by atoms with Crippen LogP contribution in [0.15, 0.2) is 59.9 Å². The van der Waals surface area contributed by atoms with Crippen LogP contribution in [0.3, 0.4) is 0 Å². The van der Waals surface area contributed by atoms with Crippen LogP contribution in [0.4, 0.5) is 8.78 Å². The van der Waals surface area contributed by atoms with Crippen LogP contribution in [0, 0.1) is 11.3 Å². The Morgan fingerprint density at radius 3 is 2.65 bits per heavy atom. The van der Waals surface area contributed by atoms with Crippen LogP contribution in [0.1, 0.15) is 17.8 Å². The Balaban J connectivity index is 1.82. The lowest BCUT2D eigenvalue weighted by atomic mass is 9.85. The molecule has 1 aliphatic rings. The van der Waals surface area contributed by atoms with E-state index in [1.807, 2.05) is 73.0 Å². The molecule has 0 spiro atoms. The summed E-state index contributed by atoms with van der Waals surface area (Å²) in [6.45, 7) is -1.78. The molecule has 1 atom stereocenters. The molecule has 0 radical (unpaired) electrons. The summed E-state index contributed by atoms with van der Waals surface area (Å²) in [5.74, 6) is -0.170. The van der Waals surface area contributed by atoms with Crippen LogP contribution in [-0.4, -0.2) is 65.2 Å². The maximum Gasteiger partial charge on any atom is 0.387 e. The second-order valence-electron chi connectivity index (χ2n) is 9.41. The van der Waals surface area contributed by atoms with Crippen molar-refractivity contribution in [1.82, 2.24) is 24.3 Å². The first-order valence-corrected chi connectivity index (χ1v) is 11.7. The summed E-state index contributed by atoms with van der Waals surface area (Å²) in [6.07, 6.45) is 4.60. The fourth-order valence-electron chi connectivity index (χ4n) is 4.49. The normalized spacial score (nSPS) is 17.9. The summed E-state index contributed by atoms with van der Waals surface area (Å²) in [7, 11) is 7.59. The number of halogens is 2. The number of fused-ring (bicyclic) bond motifs is 1. The van der Waals surface area contributed by atoms with E-state index in [9.17, 15) is 14.0 Å². The number of alkyl halides is 2. The van der Waals surface area contributed by atoms with Crippen LogP contribution in [-0.2, 0) is 17.3 Å². The Hall–Kier alpha value is -4.01. The van der Waals surface area contributed by atoms with E-state index < -0.39 is 12.2 Å². The van der Waals surface area contributed by atoms with E-state index in [-0.39, 0.29) is 23.6 Å². The standard InChI is InChI=1S/C26H30F2N8O/c1-34(2)9-10-35(3)21-11-22(37-25(27)28)26(31,12-19(21)30)24-32-14-16(13-29)23(33-24)18-15-36(4)20-8-6-5-7-17(18)20/h5-8,11,14-15,25H,9-10,12,30-31H2,1-4H3. The average molecular weight is 509 g/mol. The van der Waals surface area contributed by atoms with E-state index in [0.29, 0.717) is 29.2 Å². The number of nitriles is 1. The highest BCUT2D eigenvalue weighted by atomic mass is 19.3. The molecule has 1 aliphatic carbocycles. The zero-order valence-electron chi connectivity index (χ0n) is 21.2. The predicted octanol–water partition coefficient (Wildman–Crippen LogP) is 2.85. The van der Waals surface area contributed by atoms with Gasteiger partial charge in [-0.1, -0.05) is 18.2 Å². The van der Waals surface area contributed by atoms with Crippen molar-refractivity contribution in [1.29, 1.82) is 5.26 Å². The molecule has 9 nitrogen and oxygen atoms in total. The summed E-state index contributed by atoms with van der Waals surface area (Å²) < 4.78 is 33.9. The summed E-state index contributed by atoms with van der Waals surface area (Å²) in [5.41, 5.74) is 14.6. The van der Waals surface area contributed by atoms with Crippen molar-refractivity contribution in [3.63, 3.8) is 0 Å². The lowest BCUT2D eigenvalue weighted by Crippen LogP contribution is -2.46. The van der Waals surface area contributed by atoms with Crippen LogP contribution in [0.2, 0.25) is 0 Å². The molecular formula is C26H30F2N8O. The number of aryl methyl sites for hydroxylation is 1. The quantitative estimate of drug-likeness (QED) is 0.476. The Labute approximate surface area is 214 Å². The van der Waals surface area contributed by atoms with Gasteiger partial charge < -0.3 is 30.6 Å². The van der Waals surface area contributed by atoms with Gasteiger partial charge in [0.25, 0.3) is 0 Å². The molecule has 1 aromatic carbocycles. The number of nitrogens with two attached hydrogens (primary N) is 2. The second kappa shape index (κ2) is 10.2. The highest BCUT2D eigenvalue weighted by Crippen LogP contribution is 2.39. The number of likely N-dealkylation sites (N-methyl/N-ethyl adjacent to an activating group) is 2. The Kier molecular flexibility index (Phi) is 7.16. The minimum atomic E-state index is -3.11. The molecule has 0 aliphatic heterocycles. The zero-order chi connectivity index (χ0) is 26.9. The number of hydrogen-bond acceptors (Lipinski definition) is 8. The van der Waals surface area contributed by atoms with Gasteiger partial charge in [-0.25, -0.2) is 9.97 Å². The number of para-hydroxylation sites is 1. The van der Waals surface area contributed by atoms with Crippen molar-refractivity contribution in [2.24, 2.45) is 18.5 Å². The topological polar surface area (TPSA) is 122 Å². The second-order valence-corrected chi connectivity index (χ2v) is 9.41. The molecule has 0 saturated heterocycles. The number of aromatic nitrogens is 3.